The molecule has 1 aromatic rings. The van der Waals surface area contributed by atoms with Crippen LogP contribution >= 0.6 is 11.6 Å². The Bertz CT molecular complexity index is 414. The summed E-state index contributed by atoms with van der Waals surface area (Å²) in [7, 11) is 0. The maximum absolute atomic E-state index is 10.5. The van der Waals surface area contributed by atoms with Crippen LogP contribution < -0.4 is 4.90 Å². The second-order valence-electron chi connectivity index (χ2n) is 4.37. The second-order valence-corrected chi connectivity index (χ2v) is 4.78. The molecule has 1 fully saturated rings. The van der Waals surface area contributed by atoms with E-state index in [9.17, 15) is 4.79 Å². The molecule has 4 heteroatoms. The monoisotopic (exact) mass is 253 g/mol. The molecule has 2 rings (SSSR count). The molecule has 0 atom stereocenters. The molecule has 1 aliphatic rings. The number of halogens is 1. The first-order valence-electron chi connectivity index (χ1n) is 5.92. The van der Waals surface area contributed by atoms with Crippen LogP contribution in [0.3, 0.4) is 0 Å². The number of rotatable bonds is 4. The van der Waals surface area contributed by atoms with Crippen molar-refractivity contribution in [1.29, 1.82) is 0 Å². The van der Waals surface area contributed by atoms with Gasteiger partial charge in [-0.3, -0.25) is 4.79 Å². The van der Waals surface area contributed by atoms with Gasteiger partial charge in [0.1, 0.15) is 0 Å². The molecule has 0 aliphatic carbocycles. The van der Waals surface area contributed by atoms with Crippen molar-refractivity contribution in [1.82, 2.24) is 0 Å². The van der Waals surface area contributed by atoms with Gasteiger partial charge in [0.2, 0.25) is 0 Å². The third-order valence-corrected chi connectivity index (χ3v) is 3.40. The minimum Gasteiger partial charge on any atom is -0.481 e. The van der Waals surface area contributed by atoms with Gasteiger partial charge in [-0.15, -0.1) is 0 Å². The van der Waals surface area contributed by atoms with Gasteiger partial charge in [0.05, 0.1) is 10.7 Å². The van der Waals surface area contributed by atoms with E-state index in [0.29, 0.717) is 6.42 Å². The molecule has 1 N–H and O–H groups in total. The van der Waals surface area contributed by atoms with Crippen molar-refractivity contribution in [3.8, 4) is 0 Å². The van der Waals surface area contributed by atoms with Gasteiger partial charge in [0.15, 0.2) is 0 Å². The van der Waals surface area contributed by atoms with Crippen molar-refractivity contribution in [2.45, 2.75) is 25.7 Å². The van der Waals surface area contributed by atoms with E-state index in [1.165, 1.54) is 12.8 Å². The molecule has 0 saturated carbocycles. The zero-order valence-electron chi connectivity index (χ0n) is 9.66. The first-order chi connectivity index (χ1) is 8.16. The molecular weight excluding hydrogens is 238 g/mol. The molecule has 3 nitrogen and oxygen atoms in total. The fourth-order valence-corrected chi connectivity index (χ4v) is 2.40. The molecule has 92 valence electrons. The van der Waals surface area contributed by atoms with E-state index in [1.807, 2.05) is 18.2 Å². The Morgan fingerprint density at radius 1 is 1.35 bits per heavy atom. The molecule has 0 amide bonds. The highest BCUT2D eigenvalue weighted by Crippen LogP contribution is 2.30. The molecule has 1 aliphatic heterocycles. The van der Waals surface area contributed by atoms with E-state index in [2.05, 4.69) is 4.90 Å². The van der Waals surface area contributed by atoms with Crippen LogP contribution in [-0.4, -0.2) is 24.2 Å². The molecule has 0 spiro atoms. The average molecular weight is 254 g/mol. The number of hydrogen-bond donors (Lipinski definition) is 1. The largest absolute Gasteiger partial charge is 0.481 e. The maximum Gasteiger partial charge on any atom is 0.303 e. The van der Waals surface area contributed by atoms with E-state index in [1.54, 1.807) is 0 Å². The molecule has 0 aromatic heterocycles. The van der Waals surface area contributed by atoms with E-state index in [-0.39, 0.29) is 6.42 Å². The summed E-state index contributed by atoms with van der Waals surface area (Å²) in [6, 6.07) is 5.80. The summed E-state index contributed by atoms with van der Waals surface area (Å²) in [5.41, 5.74) is 2.09. The first kappa shape index (κ1) is 12.2. The lowest BCUT2D eigenvalue weighted by Gasteiger charge is -2.20. The number of nitrogens with zero attached hydrogens (tertiary/aromatic N) is 1. The van der Waals surface area contributed by atoms with E-state index in [4.69, 9.17) is 16.7 Å². The van der Waals surface area contributed by atoms with Crippen molar-refractivity contribution in [2.24, 2.45) is 0 Å². The van der Waals surface area contributed by atoms with Crippen LogP contribution in [0.5, 0.6) is 0 Å². The average Bonchev–Trinajstić information content (AvgIpc) is 2.81. The fourth-order valence-electron chi connectivity index (χ4n) is 2.17. The number of anilines is 1. The quantitative estimate of drug-likeness (QED) is 0.897. The van der Waals surface area contributed by atoms with Crippen molar-refractivity contribution < 1.29 is 9.90 Å². The Kier molecular flexibility index (Phi) is 3.89. The van der Waals surface area contributed by atoms with Crippen molar-refractivity contribution >= 4 is 23.3 Å². The predicted octanol–water partition coefficient (Wildman–Crippen LogP) is 2.96. The van der Waals surface area contributed by atoms with Crippen LogP contribution in [0, 0.1) is 0 Å². The smallest absolute Gasteiger partial charge is 0.303 e. The molecule has 0 bridgehead atoms. The summed E-state index contributed by atoms with van der Waals surface area (Å²) in [6.45, 7) is 2.09. The normalized spacial score (nSPS) is 15.2. The minimum absolute atomic E-state index is 0.168. The maximum atomic E-state index is 10.5. The van der Waals surface area contributed by atoms with Gasteiger partial charge in [-0.05, 0) is 37.0 Å². The Balaban J connectivity index is 2.13. The molecule has 1 saturated heterocycles. The van der Waals surface area contributed by atoms with E-state index >= 15 is 0 Å². The zero-order chi connectivity index (χ0) is 12.3. The summed E-state index contributed by atoms with van der Waals surface area (Å²) in [5.74, 6) is -0.761. The van der Waals surface area contributed by atoms with Gasteiger partial charge in [0, 0.05) is 19.5 Å². The Morgan fingerprint density at radius 3 is 2.71 bits per heavy atom. The molecular formula is C13H16ClNO2. The van der Waals surface area contributed by atoms with Crippen LogP contribution in [0.25, 0.3) is 0 Å². The third-order valence-electron chi connectivity index (χ3n) is 3.08. The number of aliphatic carboxylic acids is 1. The predicted molar refractivity (Wildman–Crippen MR) is 68.9 cm³/mol. The lowest BCUT2D eigenvalue weighted by atomic mass is 10.1. The SMILES string of the molecule is O=C(O)CCc1ccc(Cl)c(N2CCCC2)c1. The van der Waals surface area contributed by atoms with E-state index in [0.717, 1.165) is 29.4 Å². The molecule has 17 heavy (non-hydrogen) atoms. The second kappa shape index (κ2) is 5.41. The van der Waals surface area contributed by atoms with Crippen LogP contribution in [0.15, 0.2) is 18.2 Å². The number of aryl methyl sites for hydroxylation is 1. The summed E-state index contributed by atoms with van der Waals surface area (Å²) < 4.78 is 0. The summed E-state index contributed by atoms with van der Waals surface area (Å²) in [4.78, 5) is 12.8. The molecule has 1 heterocycles. The van der Waals surface area contributed by atoms with Crippen LogP contribution in [0.2, 0.25) is 5.02 Å². The third kappa shape index (κ3) is 3.13. The molecule has 0 radical (unpaired) electrons. The van der Waals surface area contributed by atoms with Crippen LogP contribution in [0.4, 0.5) is 5.69 Å². The zero-order valence-corrected chi connectivity index (χ0v) is 10.4. The number of carboxylic acid groups (broad SMARTS) is 1. The van der Waals surface area contributed by atoms with Gasteiger partial charge in [0.25, 0.3) is 0 Å². The summed E-state index contributed by atoms with van der Waals surface area (Å²) in [6.07, 6.45) is 3.14. The minimum atomic E-state index is -0.761. The van der Waals surface area contributed by atoms with Gasteiger partial charge in [-0.25, -0.2) is 0 Å². The van der Waals surface area contributed by atoms with Gasteiger partial charge < -0.3 is 10.0 Å². The Labute approximate surface area is 106 Å². The summed E-state index contributed by atoms with van der Waals surface area (Å²) >= 11 is 6.18. The molecule has 0 unspecified atom stereocenters. The Hall–Kier alpha value is -1.22. The summed E-state index contributed by atoms with van der Waals surface area (Å²) in [5, 5.41) is 9.43. The fraction of sp³-hybridized carbons (Fsp3) is 0.462. The standard InChI is InChI=1S/C13H16ClNO2/c14-11-5-3-10(4-6-13(16)17)9-12(11)15-7-1-2-8-15/h3,5,9H,1-2,4,6-8H2,(H,16,17). The lowest BCUT2D eigenvalue weighted by molar-refractivity contribution is -0.136. The van der Waals surface area contributed by atoms with E-state index < -0.39 is 5.97 Å². The van der Waals surface area contributed by atoms with Crippen LogP contribution in [-0.2, 0) is 11.2 Å². The van der Waals surface area contributed by atoms with Crippen molar-refractivity contribution in [3.05, 3.63) is 28.8 Å². The van der Waals surface area contributed by atoms with Crippen molar-refractivity contribution in [2.75, 3.05) is 18.0 Å². The molecule has 1 aromatic carbocycles. The topological polar surface area (TPSA) is 40.5 Å². The van der Waals surface area contributed by atoms with Gasteiger partial charge in [-0.1, -0.05) is 17.7 Å². The Morgan fingerprint density at radius 2 is 2.06 bits per heavy atom. The number of hydrogen-bond acceptors (Lipinski definition) is 2. The van der Waals surface area contributed by atoms with Gasteiger partial charge in [-0.2, -0.15) is 0 Å². The van der Waals surface area contributed by atoms with Crippen LogP contribution in [0.1, 0.15) is 24.8 Å². The first-order valence-corrected chi connectivity index (χ1v) is 6.30. The number of carbonyl (C=O) groups is 1. The van der Waals surface area contributed by atoms with Gasteiger partial charge >= 0.3 is 5.97 Å². The van der Waals surface area contributed by atoms with Crippen molar-refractivity contribution in [3.63, 3.8) is 0 Å². The highest BCUT2D eigenvalue weighted by Gasteiger charge is 2.15. The highest BCUT2D eigenvalue weighted by molar-refractivity contribution is 6.33. The number of benzene rings is 1. The lowest BCUT2D eigenvalue weighted by Crippen LogP contribution is -2.18. The number of carboxylic acids is 1. The highest BCUT2D eigenvalue weighted by atomic mass is 35.5.